The number of anilines is 1. The van der Waals surface area contributed by atoms with Gasteiger partial charge >= 0.3 is 5.97 Å². The van der Waals surface area contributed by atoms with Gasteiger partial charge in [0.15, 0.2) is 0 Å². The van der Waals surface area contributed by atoms with Gasteiger partial charge in [-0.25, -0.2) is 4.79 Å². The second-order valence-electron chi connectivity index (χ2n) is 5.96. The van der Waals surface area contributed by atoms with Crippen LogP contribution in [0.1, 0.15) is 11.1 Å². The normalized spacial score (nSPS) is 15.0. The van der Waals surface area contributed by atoms with Gasteiger partial charge in [-0.3, -0.25) is 0 Å². The lowest BCUT2D eigenvalue weighted by molar-refractivity contribution is -0.130. The van der Waals surface area contributed by atoms with E-state index >= 15 is 0 Å². The molecule has 0 saturated heterocycles. The van der Waals surface area contributed by atoms with Crippen LogP contribution in [0, 0.1) is 0 Å². The Hall–Kier alpha value is -1.94. The summed E-state index contributed by atoms with van der Waals surface area (Å²) < 4.78 is 5.37. The van der Waals surface area contributed by atoms with Crippen LogP contribution >= 0.6 is 34.8 Å². The van der Waals surface area contributed by atoms with Gasteiger partial charge in [0.2, 0.25) is 0 Å². The van der Waals surface area contributed by atoms with E-state index in [1.54, 1.807) is 18.2 Å². The summed E-state index contributed by atoms with van der Waals surface area (Å²) in [5.41, 5.74) is 3.27. The Morgan fingerprint density at radius 2 is 1.56 bits per heavy atom. The number of ether oxygens (including phenoxy) is 1. The van der Waals surface area contributed by atoms with E-state index in [1.165, 1.54) is 0 Å². The van der Waals surface area contributed by atoms with Gasteiger partial charge in [-0.2, -0.15) is 0 Å². The van der Waals surface area contributed by atoms with E-state index in [2.05, 4.69) is 4.90 Å². The molecule has 6 heteroatoms. The first kappa shape index (κ1) is 19.8. The molecular formula is C21H18Cl3NO2. The second kappa shape index (κ2) is 9.32. The molecule has 2 aromatic rings. The molecule has 0 N–H and O–H groups in total. The molecule has 27 heavy (non-hydrogen) atoms. The Kier molecular flexibility index (Phi) is 6.84. The smallest absolute Gasteiger partial charge is 0.343 e. The number of rotatable bonds is 7. The van der Waals surface area contributed by atoms with Gasteiger partial charge < -0.3 is 9.64 Å². The first-order valence-corrected chi connectivity index (χ1v) is 9.94. The molecule has 0 atom stereocenters. The third-order valence-electron chi connectivity index (χ3n) is 4.14. The van der Waals surface area contributed by atoms with Crippen LogP contribution in [0.2, 0.25) is 5.02 Å². The van der Waals surface area contributed by atoms with Gasteiger partial charge in [-0.1, -0.05) is 23.7 Å². The summed E-state index contributed by atoms with van der Waals surface area (Å²) in [7, 11) is 0. The number of carbonyl (C=O) groups is 1. The average Bonchev–Trinajstić information content (AvgIpc) is 3.03. The van der Waals surface area contributed by atoms with Crippen LogP contribution in [0.3, 0.4) is 0 Å². The third-order valence-corrected chi connectivity index (χ3v) is 4.73. The molecule has 0 radical (unpaired) electrons. The van der Waals surface area contributed by atoms with Crippen LogP contribution in [0.15, 0.2) is 60.2 Å². The Labute approximate surface area is 173 Å². The molecule has 1 aliphatic rings. The minimum Gasteiger partial charge on any atom is -0.422 e. The van der Waals surface area contributed by atoms with Crippen LogP contribution in [0.5, 0.6) is 0 Å². The number of hydrogen-bond donors (Lipinski definition) is 0. The second-order valence-corrected chi connectivity index (χ2v) is 7.15. The number of carbonyl (C=O) groups excluding carboxylic acids is 1. The zero-order chi connectivity index (χ0) is 19.2. The number of hydrogen-bond acceptors (Lipinski definition) is 3. The zero-order valence-corrected chi connectivity index (χ0v) is 16.8. The monoisotopic (exact) mass is 421 g/mol. The third kappa shape index (κ3) is 5.07. The SMILES string of the molecule is O=C1OC(c2ccc(Cl)cc2)=C/C1=C\c1ccc(N(CCCl)CCCl)cc1. The molecule has 0 aliphatic carbocycles. The number of alkyl halides is 2. The van der Waals surface area contributed by atoms with E-state index in [0.29, 0.717) is 28.1 Å². The van der Waals surface area contributed by atoms with Crippen molar-refractivity contribution in [1.82, 2.24) is 0 Å². The maximum absolute atomic E-state index is 12.2. The molecule has 0 saturated carbocycles. The molecule has 1 heterocycles. The zero-order valence-electron chi connectivity index (χ0n) is 14.5. The summed E-state index contributed by atoms with van der Waals surface area (Å²) in [6.07, 6.45) is 3.55. The molecule has 0 unspecified atom stereocenters. The van der Waals surface area contributed by atoms with Gasteiger partial charge in [0.1, 0.15) is 5.76 Å². The fourth-order valence-electron chi connectivity index (χ4n) is 2.78. The average molecular weight is 423 g/mol. The van der Waals surface area contributed by atoms with Gasteiger partial charge in [-0.15, -0.1) is 23.2 Å². The molecule has 0 fully saturated rings. The van der Waals surface area contributed by atoms with Crippen molar-refractivity contribution in [3.05, 3.63) is 76.3 Å². The maximum atomic E-state index is 12.2. The van der Waals surface area contributed by atoms with Crippen molar-refractivity contribution in [2.45, 2.75) is 0 Å². The molecule has 2 aromatic carbocycles. The highest BCUT2D eigenvalue weighted by Gasteiger charge is 2.21. The quantitative estimate of drug-likeness (QED) is 0.330. The van der Waals surface area contributed by atoms with Gasteiger partial charge in [0, 0.05) is 41.1 Å². The Morgan fingerprint density at radius 3 is 2.15 bits per heavy atom. The van der Waals surface area contributed by atoms with E-state index in [-0.39, 0.29) is 5.97 Å². The van der Waals surface area contributed by atoms with Gasteiger partial charge in [0.05, 0.1) is 5.57 Å². The van der Waals surface area contributed by atoms with Crippen molar-refractivity contribution in [1.29, 1.82) is 0 Å². The summed E-state index contributed by atoms with van der Waals surface area (Å²) >= 11 is 17.6. The largest absolute Gasteiger partial charge is 0.422 e. The van der Waals surface area contributed by atoms with Crippen molar-refractivity contribution in [2.24, 2.45) is 0 Å². The van der Waals surface area contributed by atoms with Gasteiger partial charge in [-0.05, 0) is 54.1 Å². The lowest BCUT2D eigenvalue weighted by Gasteiger charge is -2.22. The first-order chi connectivity index (χ1) is 13.1. The molecule has 3 rings (SSSR count). The highest BCUT2D eigenvalue weighted by molar-refractivity contribution is 6.30. The first-order valence-electron chi connectivity index (χ1n) is 8.49. The standard InChI is InChI=1S/C21H18Cl3NO2/c22-9-11-25(12-10-23)19-7-1-15(2-8-19)13-17-14-20(27-21(17)26)16-3-5-18(24)6-4-16/h1-8,13-14H,9-12H2/b17-13+. The van der Waals surface area contributed by atoms with Crippen LogP contribution < -0.4 is 4.90 Å². The molecule has 140 valence electrons. The van der Waals surface area contributed by atoms with Gasteiger partial charge in [0.25, 0.3) is 0 Å². The highest BCUT2D eigenvalue weighted by Crippen LogP contribution is 2.28. The van der Waals surface area contributed by atoms with Crippen molar-refractivity contribution in [2.75, 3.05) is 29.7 Å². The Bertz CT molecular complexity index is 852. The topological polar surface area (TPSA) is 29.5 Å². The van der Waals surface area contributed by atoms with Crippen molar-refractivity contribution >= 4 is 58.3 Å². The summed E-state index contributed by atoms with van der Waals surface area (Å²) in [5, 5.41) is 0.636. The highest BCUT2D eigenvalue weighted by atomic mass is 35.5. The van der Waals surface area contributed by atoms with Crippen molar-refractivity contribution < 1.29 is 9.53 Å². The molecule has 0 bridgehead atoms. The number of cyclic esters (lactones) is 1. The Morgan fingerprint density at radius 1 is 0.926 bits per heavy atom. The fraction of sp³-hybridized carbons (Fsp3) is 0.190. The minimum absolute atomic E-state index is 0.366. The number of nitrogens with zero attached hydrogens (tertiary/aromatic N) is 1. The molecule has 0 amide bonds. The summed E-state index contributed by atoms with van der Waals surface area (Å²) in [6.45, 7) is 1.46. The molecule has 0 spiro atoms. The molecule has 1 aliphatic heterocycles. The minimum atomic E-state index is -0.366. The predicted octanol–water partition coefficient (Wildman–Crippen LogP) is 5.61. The number of esters is 1. The molecule has 3 nitrogen and oxygen atoms in total. The lowest BCUT2D eigenvalue weighted by Crippen LogP contribution is -2.27. The predicted molar refractivity (Wildman–Crippen MR) is 114 cm³/mol. The Balaban J connectivity index is 1.79. The molecular weight excluding hydrogens is 405 g/mol. The van der Waals surface area contributed by atoms with E-state index in [0.717, 1.165) is 29.9 Å². The van der Waals surface area contributed by atoms with Crippen LogP contribution in [0.4, 0.5) is 5.69 Å². The van der Waals surface area contributed by atoms with E-state index < -0.39 is 0 Å². The molecule has 0 aromatic heterocycles. The van der Waals surface area contributed by atoms with E-state index in [4.69, 9.17) is 39.5 Å². The van der Waals surface area contributed by atoms with E-state index in [1.807, 2.05) is 42.5 Å². The number of benzene rings is 2. The maximum Gasteiger partial charge on any atom is 0.343 e. The summed E-state index contributed by atoms with van der Waals surface area (Å²) in [6, 6.07) is 15.1. The van der Waals surface area contributed by atoms with Crippen LogP contribution in [0.25, 0.3) is 11.8 Å². The fourth-order valence-corrected chi connectivity index (χ4v) is 3.31. The van der Waals surface area contributed by atoms with E-state index in [9.17, 15) is 4.79 Å². The number of halogens is 3. The van der Waals surface area contributed by atoms with Crippen LogP contribution in [-0.2, 0) is 9.53 Å². The van der Waals surface area contributed by atoms with Crippen molar-refractivity contribution in [3.63, 3.8) is 0 Å². The van der Waals surface area contributed by atoms with Crippen molar-refractivity contribution in [3.8, 4) is 0 Å². The summed E-state index contributed by atoms with van der Waals surface area (Å²) in [4.78, 5) is 14.3. The lowest BCUT2D eigenvalue weighted by atomic mass is 10.1. The summed E-state index contributed by atoms with van der Waals surface area (Å²) in [5.74, 6) is 1.23. The van der Waals surface area contributed by atoms with Crippen LogP contribution in [-0.4, -0.2) is 30.8 Å².